The Bertz CT molecular complexity index is 295. The SMILES string of the molecule is CCCCCC(C)NC1=NCC2(CCCCC2)CS1. The molecule has 1 heterocycles. The number of nitrogens with zero attached hydrogens (tertiary/aromatic N) is 1. The van der Waals surface area contributed by atoms with Crippen LogP contribution in [0.15, 0.2) is 4.99 Å². The molecule has 1 unspecified atom stereocenters. The van der Waals surface area contributed by atoms with E-state index in [0.29, 0.717) is 11.5 Å². The number of nitrogens with one attached hydrogen (secondary N) is 1. The van der Waals surface area contributed by atoms with Gasteiger partial charge >= 0.3 is 0 Å². The van der Waals surface area contributed by atoms with Gasteiger partial charge in [0.2, 0.25) is 0 Å². The van der Waals surface area contributed by atoms with Gasteiger partial charge in [-0.15, -0.1) is 0 Å². The Hall–Kier alpha value is -0.180. The highest BCUT2D eigenvalue weighted by atomic mass is 32.2. The second-order valence-electron chi connectivity index (χ2n) is 6.51. The van der Waals surface area contributed by atoms with Crippen molar-refractivity contribution in [3.8, 4) is 0 Å². The summed E-state index contributed by atoms with van der Waals surface area (Å²) >= 11 is 1.97. The monoisotopic (exact) mass is 282 g/mol. The maximum absolute atomic E-state index is 4.84. The molecule has 2 aliphatic rings. The quantitative estimate of drug-likeness (QED) is 0.745. The predicted molar refractivity (Wildman–Crippen MR) is 87.0 cm³/mol. The molecule has 0 aromatic rings. The summed E-state index contributed by atoms with van der Waals surface area (Å²) in [4.78, 5) is 4.84. The highest BCUT2D eigenvalue weighted by Crippen LogP contribution is 2.41. The Kier molecular flexibility index (Phi) is 6.06. The van der Waals surface area contributed by atoms with Gasteiger partial charge < -0.3 is 5.32 Å². The van der Waals surface area contributed by atoms with Crippen LogP contribution < -0.4 is 5.32 Å². The maximum atomic E-state index is 4.84. The fourth-order valence-electron chi connectivity index (χ4n) is 3.23. The minimum absolute atomic E-state index is 0.555. The Labute approximate surface area is 123 Å². The standard InChI is InChI=1S/C16H30N2S/c1-3-4-6-9-14(2)18-15-17-12-16(13-19-15)10-7-5-8-11-16/h14H,3-13H2,1-2H3,(H,17,18). The van der Waals surface area contributed by atoms with E-state index < -0.39 is 0 Å². The van der Waals surface area contributed by atoms with Crippen LogP contribution in [0.25, 0.3) is 0 Å². The highest BCUT2D eigenvalue weighted by Gasteiger charge is 2.34. The van der Waals surface area contributed by atoms with E-state index in [9.17, 15) is 0 Å². The molecule has 1 spiro atoms. The summed E-state index contributed by atoms with van der Waals surface area (Å²) in [5, 5.41) is 4.82. The molecule has 2 nitrogen and oxygen atoms in total. The number of unbranched alkanes of at least 4 members (excludes halogenated alkanes) is 2. The van der Waals surface area contributed by atoms with Gasteiger partial charge in [-0.2, -0.15) is 0 Å². The molecular weight excluding hydrogens is 252 g/mol. The first-order valence-electron chi connectivity index (χ1n) is 8.18. The van der Waals surface area contributed by atoms with Gasteiger partial charge in [0.05, 0.1) is 0 Å². The molecule has 0 radical (unpaired) electrons. The number of rotatable bonds is 5. The third-order valence-corrected chi connectivity index (χ3v) is 5.88. The lowest BCUT2D eigenvalue weighted by Crippen LogP contribution is -2.39. The van der Waals surface area contributed by atoms with Crippen LogP contribution in [0.3, 0.4) is 0 Å². The topological polar surface area (TPSA) is 24.4 Å². The maximum Gasteiger partial charge on any atom is 0.156 e. The third-order valence-electron chi connectivity index (χ3n) is 4.60. The van der Waals surface area contributed by atoms with Crippen molar-refractivity contribution in [3.63, 3.8) is 0 Å². The van der Waals surface area contributed by atoms with E-state index in [1.807, 2.05) is 11.8 Å². The third kappa shape index (κ3) is 4.70. The molecule has 0 amide bonds. The van der Waals surface area contributed by atoms with E-state index in [2.05, 4.69) is 19.2 Å². The van der Waals surface area contributed by atoms with Crippen LogP contribution in [0.4, 0.5) is 0 Å². The van der Waals surface area contributed by atoms with Crippen LogP contribution >= 0.6 is 11.8 Å². The molecule has 1 N–H and O–H groups in total. The predicted octanol–water partition coefficient (Wildman–Crippen LogP) is 4.60. The normalized spacial score (nSPS) is 24.0. The minimum atomic E-state index is 0.555. The van der Waals surface area contributed by atoms with Crippen LogP contribution in [-0.2, 0) is 0 Å². The number of aliphatic imine (C=N–C) groups is 1. The molecule has 1 atom stereocenters. The van der Waals surface area contributed by atoms with Gasteiger partial charge in [0.25, 0.3) is 0 Å². The molecule has 0 saturated heterocycles. The van der Waals surface area contributed by atoms with Crippen molar-refractivity contribution in [1.82, 2.24) is 5.32 Å². The molecule has 1 aliphatic heterocycles. The second-order valence-corrected chi connectivity index (χ2v) is 7.48. The zero-order valence-electron chi connectivity index (χ0n) is 12.7. The summed E-state index contributed by atoms with van der Waals surface area (Å²) in [5.74, 6) is 1.29. The van der Waals surface area contributed by atoms with E-state index in [-0.39, 0.29) is 0 Å². The van der Waals surface area contributed by atoms with E-state index in [1.165, 1.54) is 68.7 Å². The van der Waals surface area contributed by atoms with Gasteiger partial charge in [-0.1, -0.05) is 57.2 Å². The zero-order valence-corrected chi connectivity index (χ0v) is 13.5. The summed E-state index contributed by atoms with van der Waals surface area (Å²) in [5.41, 5.74) is 0.555. The van der Waals surface area contributed by atoms with Gasteiger partial charge in [0.15, 0.2) is 5.17 Å². The lowest BCUT2D eigenvalue weighted by molar-refractivity contribution is 0.232. The Morgan fingerprint density at radius 2 is 2.05 bits per heavy atom. The van der Waals surface area contributed by atoms with Crippen molar-refractivity contribution in [2.75, 3.05) is 12.3 Å². The Balaban J connectivity index is 1.74. The summed E-state index contributed by atoms with van der Waals surface area (Å²) in [6.45, 7) is 5.64. The van der Waals surface area contributed by atoms with E-state index in [1.54, 1.807) is 0 Å². The summed E-state index contributed by atoms with van der Waals surface area (Å²) in [6, 6.07) is 0.582. The number of hydrogen-bond acceptors (Lipinski definition) is 3. The number of thioether (sulfide) groups is 1. The van der Waals surface area contributed by atoms with Crippen LogP contribution in [0.2, 0.25) is 0 Å². The molecule has 2 rings (SSSR count). The molecule has 0 aromatic heterocycles. The zero-order chi connectivity index (χ0) is 13.6. The second kappa shape index (κ2) is 7.56. The lowest BCUT2D eigenvalue weighted by Gasteiger charge is -2.38. The summed E-state index contributed by atoms with van der Waals surface area (Å²) in [7, 11) is 0. The first-order valence-corrected chi connectivity index (χ1v) is 9.16. The molecule has 1 fully saturated rings. The van der Waals surface area contributed by atoms with Crippen molar-refractivity contribution in [2.45, 2.75) is 77.7 Å². The van der Waals surface area contributed by atoms with Gasteiger partial charge in [0.1, 0.15) is 0 Å². The molecule has 1 aliphatic carbocycles. The fraction of sp³-hybridized carbons (Fsp3) is 0.938. The van der Waals surface area contributed by atoms with Gasteiger partial charge in [-0.05, 0) is 31.6 Å². The Morgan fingerprint density at radius 1 is 1.26 bits per heavy atom. The molecule has 1 saturated carbocycles. The molecule has 3 heteroatoms. The van der Waals surface area contributed by atoms with E-state index in [4.69, 9.17) is 4.99 Å². The highest BCUT2D eigenvalue weighted by molar-refractivity contribution is 8.13. The molecule has 0 aromatic carbocycles. The van der Waals surface area contributed by atoms with Gasteiger partial charge in [0, 0.05) is 18.3 Å². The van der Waals surface area contributed by atoms with Crippen molar-refractivity contribution in [3.05, 3.63) is 0 Å². The molecule has 19 heavy (non-hydrogen) atoms. The molecule has 0 bridgehead atoms. The van der Waals surface area contributed by atoms with Gasteiger partial charge in [-0.3, -0.25) is 4.99 Å². The average Bonchev–Trinajstić information content (AvgIpc) is 2.43. The van der Waals surface area contributed by atoms with Crippen LogP contribution in [0.1, 0.15) is 71.6 Å². The van der Waals surface area contributed by atoms with E-state index >= 15 is 0 Å². The largest absolute Gasteiger partial charge is 0.362 e. The summed E-state index contributed by atoms with van der Waals surface area (Å²) < 4.78 is 0. The smallest absolute Gasteiger partial charge is 0.156 e. The van der Waals surface area contributed by atoms with Crippen molar-refractivity contribution >= 4 is 16.9 Å². The minimum Gasteiger partial charge on any atom is -0.362 e. The average molecular weight is 282 g/mol. The van der Waals surface area contributed by atoms with E-state index in [0.717, 1.165) is 6.54 Å². The van der Waals surface area contributed by atoms with Crippen LogP contribution in [0.5, 0.6) is 0 Å². The fourth-order valence-corrected chi connectivity index (χ4v) is 4.49. The van der Waals surface area contributed by atoms with Gasteiger partial charge in [-0.25, -0.2) is 0 Å². The molecule has 110 valence electrons. The van der Waals surface area contributed by atoms with Crippen molar-refractivity contribution < 1.29 is 0 Å². The number of hydrogen-bond donors (Lipinski definition) is 1. The first kappa shape index (κ1) is 15.2. The lowest BCUT2D eigenvalue weighted by atomic mass is 9.75. The van der Waals surface area contributed by atoms with Crippen molar-refractivity contribution in [2.24, 2.45) is 10.4 Å². The Morgan fingerprint density at radius 3 is 2.68 bits per heavy atom. The van der Waals surface area contributed by atoms with Crippen molar-refractivity contribution in [1.29, 1.82) is 0 Å². The molecular formula is C16H30N2S. The first-order chi connectivity index (χ1) is 9.24. The number of amidine groups is 1. The summed E-state index contributed by atoms with van der Waals surface area (Å²) in [6.07, 6.45) is 12.4. The van der Waals surface area contributed by atoms with Crippen LogP contribution in [-0.4, -0.2) is 23.5 Å². The van der Waals surface area contributed by atoms with Crippen LogP contribution in [0, 0.1) is 5.41 Å².